The Morgan fingerprint density at radius 3 is 2.62 bits per heavy atom. The summed E-state index contributed by atoms with van der Waals surface area (Å²) in [5, 5.41) is 0.481. The smallest absolute Gasteiger partial charge is 0.319 e. The Kier molecular flexibility index (Phi) is 7.60. The van der Waals surface area contributed by atoms with Crippen LogP contribution >= 0.6 is 22.9 Å². The van der Waals surface area contributed by atoms with Gasteiger partial charge in [-0.25, -0.2) is 18.2 Å². The number of anilines is 2. The molecule has 4 aromatic rings. The van der Waals surface area contributed by atoms with Crippen LogP contribution in [0.4, 0.5) is 32.9 Å². The second-order valence-electron chi connectivity index (χ2n) is 13.4. The molecule has 2 atom stereocenters. The second kappa shape index (κ2) is 11.5. The zero-order chi connectivity index (χ0) is 33.5. The van der Waals surface area contributed by atoms with E-state index < -0.39 is 35.7 Å². The highest BCUT2D eigenvalue weighted by atomic mass is 35.5. The monoisotopic (exact) mass is 707 g/mol. The number of nitrogen functional groups attached to an aromatic ring is 1. The first-order valence-corrected chi connectivity index (χ1v) is 17.0. The molecule has 2 aromatic heterocycles. The van der Waals surface area contributed by atoms with E-state index >= 15 is 4.39 Å². The lowest BCUT2D eigenvalue weighted by Gasteiger charge is -2.54. The molecule has 4 fully saturated rings. The SMILES string of the molecule is Nc1nc2c(-c3c(Cl)cc4c(N5CCC6(CC5)CN(C(=O)C(F)F)C6)nc(OC[C@@]56CCCN5C[C@H](F)C6)nc4c3F)ccc(F)c2s1. The van der Waals surface area contributed by atoms with E-state index in [-0.39, 0.29) is 68.1 Å². The number of fused-ring (bicyclic) bond motifs is 3. The summed E-state index contributed by atoms with van der Waals surface area (Å²) in [5.74, 6) is -2.09. The zero-order valence-corrected chi connectivity index (χ0v) is 27.2. The van der Waals surface area contributed by atoms with Gasteiger partial charge in [-0.1, -0.05) is 22.9 Å². The third-order valence-corrected chi connectivity index (χ3v) is 11.7. The molecule has 0 saturated carbocycles. The topological polar surface area (TPSA) is 101 Å². The van der Waals surface area contributed by atoms with E-state index in [1.165, 1.54) is 17.0 Å². The minimum absolute atomic E-state index is 0.0254. The largest absolute Gasteiger partial charge is 0.461 e. The number of benzene rings is 2. The van der Waals surface area contributed by atoms with Gasteiger partial charge in [0, 0.05) is 61.1 Å². The molecular formula is C32H31ClF5N7O2S. The zero-order valence-electron chi connectivity index (χ0n) is 25.6. The molecule has 8 rings (SSSR count). The fourth-order valence-corrected chi connectivity index (χ4v) is 9.18. The molecule has 2 N–H and O–H groups in total. The average Bonchev–Trinajstić information content (AvgIpc) is 3.71. The van der Waals surface area contributed by atoms with Crippen LogP contribution in [0.1, 0.15) is 32.1 Å². The summed E-state index contributed by atoms with van der Waals surface area (Å²) in [7, 11) is 0. The van der Waals surface area contributed by atoms with Crippen LogP contribution in [0.3, 0.4) is 0 Å². The average molecular weight is 708 g/mol. The fraction of sp³-hybridized carbons (Fsp3) is 0.500. The Hall–Kier alpha value is -3.56. The van der Waals surface area contributed by atoms with Crippen molar-refractivity contribution in [2.75, 3.05) is 56.5 Å². The lowest BCUT2D eigenvalue weighted by molar-refractivity contribution is -0.156. The fourth-order valence-electron chi connectivity index (χ4n) is 8.12. The number of carbonyl (C=O) groups is 1. The number of nitrogens with two attached hydrogens (primary N) is 1. The van der Waals surface area contributed by atoms with Crippen LogP contribution in [0.2, 0.25) is 5.02 Å². The van der Waals surface area contributed by atoms with Gasteiger partial charge in [-0.3, -0.25) is 9.69 Å². The third kappa shape index (κ3) is 5.11. The van der Waals surface area contributed by atoms with E-state index in [0.29, 0.717) is 50.1 Å². The van der Waals surface area contributed by atoms with Crippen molar-refractivity contribution in [3.8, 4) is 17.1 Å². The van der Waals surface area contributed by atoms with Gasteiger partial charge in [-0.2, -0.15) is 18.7 Å². The molecule has 9 nitrogen and oxygen atoms in total. The molecular weight excluding hydrogens is 677 g/mol. The number of hydrogen-bond donors (Lipinski definition) is 1. The molecule has 0 unspecified atom stereocenters. The van der Waals surface area contributed by atoms with Crippen LogP contribution in [0.25, 0.3) is 32.2 Å². The highest BCUT2D eigenvalue weighted by molar-refractivity contribution is 7.22. The summed E-state index contributed by atoms with van der Waals surface area (Å²) in [4.78, 5) is 30.5. The van der Waals surface area contributed by atoms with Crippen molar-refractivity contribution in [2.24, 2.45) is 5.41 Å². The molecule has 1 spiro atoms. The van der Waals surface area contributed by atoms with Crippen LogP contribution < -0.4 is 15.4 Å². The summed E-state index contributed by atoms with van der Waals surface area (Å²) in [6, 6.07) is 4.10. The Morgan fingerprint density at radius 2 is 1.88 bits per heavy atom. The summed E-state index contributed by atoms with van der Waals surface area (Å²) < 4.78 is 78.2. The normalized spacial score (nSPS) is 23.9. The number of aromatic nitrogens is 3. The summed E-state index contributed by atoms with van der Waals surface area (Å²) in [5.41, 5.74) is 5.45. The number of thiazole rings is 1. The van der Waals surface area contributed by atoms with Crippen molar-refractivity contribution in [3.05, 3.63) is 34.9 Å². The standard InChI is InChI=1S/C32H31ClF5N7O2S/c33-19-10-18-23(22(36)21(19)17-2-3-20(35)25-24(17)40-29(39)48-25)41-30(47-15-32-4-1-7-45(32)12-16(34)11-32)42-27(18)43-8-5-31(6-9-43)13-44(14-31)28(46)26(37)38/h2-3,10,16,26H,1,4-9,11-15H2,(H2,39,40)/t16-,32+/m1/s1. The number of halogens is 6. The van der Waals surface area contributed by atoms with Crippen molar-refractivity contribution in [1.82, 2.24) is 24.8 Å². The van der Waals surface area contributed by atoms with Gasteiger partial charge < -0.3 is 20.3 Å². The molecule has 0 bridgehead atoms. The first-order valence-electron chi connectivity index (χ1n) is 15.8. The molecule has 4 aliphatic heterocycles. The maximum absolute atomic E-state index is 16.8. The minimum atomic E-state index is -3.03. The molecule has 0 aliphatic carbocycles. The molecule has 1 amide bonds. The molecule has 0 radical (unpaired) electrons. The van der Waals surface area contributed by atoms with Gasteiger partial charge in [-0.15, -0.1) is 0 Å². The Balaban J connectivity index is 1.17. The van der Waals surface area contributed by atoms with Gasteiger partial charge in [0.15, 0.2) is 10.9 Å². The second-order valence-corrected chi connectivity index (χ2v) is 14.9. The molecule has 2 aromatic carbocycles. The summed E-state index contributed by atoms with van der Waals surface area (Å²) >= 11 is 7.72. The number of hydrogen-bond acceptors (Lipinski definition) is 9. The number of amides is 1. The molecule has 4 aliphatic rings. The highest BCUT2D eigenvalue weighted by Gasteiger charge is 2.50. The summed E-state index contributed by atoms with van der Waals surface area (Å²) in [6.07, 6.45) is -0.783. The van der Waals surface area contributed by atoms with Gasteiger partial charge in [0.1, 0.15) is 29.9 Å². The van der Waals surface area contributed by atoms with Crippen molar-refractivity contribution >= 4 is 60.9 Å². The Labute approximate surface area is 280 Å². The van der Waals surface area contributed by atoms with Crippen LogP contribution in [-0.2, 0) is 4.79 Å². The number of carbonyl (C=O) groups excluding carboxylic acids is 1. The van der Waals surface area contributed by atoms with Gasteiger partial charge in [0.25, 0.3) is 5.91 Å². The molecule has 48 heavy (non-hydrogen) atoms. The molecule has 254 valence electrons. The van der Waals surface area contributed by atoms with Crippen LogP contribution in [-0.4, -0.2) is 94.7 Å². The lowest BCUT2D eigenvalue weighted by atomic mass is 9.72. The number of nitrogens with zero attached hydrogens (tertiary/aromatic N) is 6. The number of likely N-dealkylation sites (tertiary alicyclic amines) is 1. The number of rotatable bonds is 6. The highest BCUT2D eigenvalue weighted by Crippen LogP contribution is 2.46. The molecule has 16 heteroatoms. The molecule has 4 saturated heterocycles. The Bertz CT molecular complexity index is 1950. The van der Waals surface area contributed by atoms with Crippen molar-refractivity contribution in [2.45, 2.75) is 50.2 Å². The maximum Gasteiger partial charge on any atom is 0.319 e. The first kappa shape index (κ1) is 31.7. The predicted octanol–water partition coefficient (Wildman–Crippen LogP) is 6.07. The van der Waals surface area contributed by atoms with Gasteiger partial charge >= 0.3 is 12.4 Å². The van der Waals surface area contributed by atoms with E-state index in [2.05, 4.69) is 14.9 Å². The number of ether oxygens (including phenoxy) is 1. The number of alkyl halides is 3. The first-order chi connectivity index (χ1) is 23.0. The van der Waals surface area contributed by atoms with Gasteiger partial charge in [0.2, 0.25) is 0 Å². The van der Waals surface area contributed by atoms with Crippen LogP contribution in [0.15, 0.2) is 18.2 Å². The van der Waals surface area contributed by atoms with E-state index in [0.717, 1.165) is 30.7 Å². The van der Waals surface area contributed by atoms with E-state index in [4.69, 9.17) is 27.1 Å². The van der Waals surface area contributed by atoms with Crippen LogP contribution in [0, 0.1) is 17.0 Å². The van der Waals surface area contributed by atoms with E-state index in [1.54, 1.807) is 6.07 Å². The Morgan fingerprint density at radius 1 is 1.10 bits per heavy atom. The van der Waals surface area contributed by atoms with Crippen molar-refractivity contribution in [3.63, 3.8) is 0 Å². The van der Waals surface area contributed by atoms with Crippen molar-refractivity contribution < 1.29 is 31.5 Å². The van der Waals surface area contributed by atoms with E-state index in [1.807, 2.05) is 4.90 Å². The van der Waals surface area contributed by atoms with Crippen LogP contribution in [0.5, 0.6) is 6.01 Å². The minimum Gasteiger partial charge on any atom is -0.461 e. The summed E-state index contributed by atoms with van der Waals surface area (Å²) in [6.45, 7) is 2.68. The predicted molar refractivity (Wildman–Crippen MR) is 173 cm³/mol. The quantitative estimate of drug-likeness (QED) is 0.241. The third-order valence-electron chi connectivity index (χ3n) is 10.5. The maximum atomic E-state index is 16.8. The lowest BCUT2D eigenvalue weighted by Crippen LogP contribution is -2.63. The van der Waals surface area contributed by atoms with Gasteiger partial charge in [0.05, 0.1) is 20.8 Å². The number of piperidine rings is 1. The van der Waals surface area contributed by atoms with E-state index in [9.17, 15) is 22.4 Å². The van der Waals surface area contributed by atoms with Gasteiger partial charge in [-0.05, 0) is 50.4 Å². The van der Waals surface area contributed by atoms with Crippen molar-refractivity contribution in [1.29, 1.82) is 0 Å². The molecule has 6 heterocycles.